The zero-order chi connectivity index (χ0) is 24.5. The van der Waals surface area contributed by atoms with Gasteiger partial charge in [0.15, 0.2) is 0 Å². The van der Waals surface area contributed by atoms with E-state index in [4.69, 9.17) is 10.2 Å². The molecule has 1 aliphatic rings. The van der Waals surface area contributed by atoms with Crippen molar-refractivity contribution >= 4 is 26.8 Å². The molecule has 8 nitrogen and oxygen atoms in total. The number of hydrogen-bond donors (Lipinski definition) is 3. The van der Waals surface area contributed by atoms with Crippen molar-refractivity contribution in [2.45, 2.75) is 46.1 Å². The lowest BCUT2D eigenvalue weighted by atomic mass is 9.88. The molecule has 3 aromatic rings. The SMILES string of the molecule is CCS(=O)(=O)N1CCC(c2c[nH]c3c(C(N)=O)cc(-c4coc(CNCC(C)C)c4)cc23)CC1. The molecule has 34 heavy (non-hydrogen) atoms. The van der Waals surface area contributed by atoms with E-state index in [9.17, 15) is 13.2 Å². The maximum absolute atomic E-state index is 12.3. The molecule has 2 aromatic heterocycles. The van der Waals surface area contributed by atoms with Gasteiger partial charge < -0.3 is 20.5 Å². The highest BCUT2D eigenvalue weighted by Crippen LogP contribution is 2.37. The number of nitrogens with two attached hydrogens (primary N) is 1. The average molecular weight is 487 g/mol. The molecule has 3 heterocycles. The number of hydrogen-bond acceptors (Lipinski definition) is 5. The Hall–Kier alpha value is -2.62. The van der Waals surface area contributed by atoms with Crippen molar-refractivity contribution in [1.29, 1.82) is 0 Å². The molecule has 1 saturated heterocycles. The van der Waals surface area contributed by atoms with Gasteiger partial charge in [0, 0.05) is 30.2 Å². The summed E-state index contributed by atoms with van der Waals surface area (Å²) in [6.45, 7) is 8.53. The largest absolute Gasteiger partial charge is 0.467 e. The second-order valence-corrected chi connectivity index (χ2v) is 11.7. The van der Waals surface area contributed by atoms with Crippen LogP contribution in [0.2, 0.25) is 0 Å². The summed E-state index contributed by atoms with van der Waals surface area (Å²) in [4.78, 5) is 15.5. The number of rotatable bonds is 9. The van der Waals surface area contributed by atoms with Crippen LogP contribution in [0, 0.1) is 5.92 Å². The Morgan fingerprint density at radius 2 is 1.97 bits per heavy atom. The molecular formula is C25H34N4O4S. The summed E-state index contributed by atoms with van der Waals surface area (Å²) >= 11 is 0. The van der Waals surface area contributed by atoms with E-state index in [1.54, 1.807) is 23.6 Å². The maximum atomic E-state index is 12.3. The zero-order valence-corrected chi connectivity index (χ0v) is 20.9. The van der Waals surface area contributed by atoms with Crippen LogP contribution in [0.4, 0.5) is 0 Å². The molecule has 0 radical (unpaired) electrons. The van der Waals surface area contributed by atoms with Gasteiger partial charge in [-0.2, -0.15) is 0 Å². The fourth-order valence-corrected chi connectivity index (χ4v) is 5.82. The smallest absolute Gasteiger partial charge is 0.250 e. The summed E-state index contributed by atoms with van der Waals surface area (Å²) in [6, 6.07) is 5.86. The lowest BCUT2D eigenvalue weighted by Gasteiger charge is -2.31. The van der Waals surface area contributed by atoms with Gasteiger partial charge in [-0.3, -0.25) is 4.79 Å². The number of nitrogens with one attached hydrogen (secondary N) is 2. The van der Waals surface area contributed by atoms with Crippen molar-refractivity contribution in [1.82, 2.24) is 14.6 Å². The molecule has 1 amide bonds. The summed E-state index contributed by atoms with van der Waals surface area (Å²) in [7, 11) is -3.18. The first-order chi connectivity index (χ1) is 16.2. The molecule has 1 aromatic carbocycles. The maximum Gasteiger partial charge on any atom is 0.250 e. The van der Waals surface area contributed by atoms with Crippen molar-refractivity contribution < 1.29 is 17.6 Å². The number of furan rings is 1. The molecule has 0 aliphatic carbocycles. The van der Waals surface area contributed by atoms with Crippen LogP contribution in [0.15, 0.2) is 35.1 Å². The molecule has 4 N–H and O–H groups in total. The van der Waals surface area contributed by atoms with Crippen LogP contribution in [-0.4, -0.2) is 49.0 Å². The molecule has 184 valence electrons. The number of fused-ring (bicyclic) bond motifs is 1. The van der Waals surface area contributed by atoms with Crippen molar-refractivity contribution in [2.75, 3.05) is 25.4 Å². The molecule has 0 spiro atoms. The van der Waals surface area contributed by atoms with Crippen LogP contribution in [0.5, 0.6) is 0 Å². The van der Waals surface area contributed by atoms with Crippen molar-refractivity contribution in [3.05, 3.63) is 47.5 Å². The first kappa shape index (κ1) is 24.5. The standard InChI is InChI=1S/C25H34N4O4S/c1-4-34(31,32)29-7-5-17(6-8-29)23-14-28-24-21(23)10-18(11-22(24)25(26)30)19-9-20(33-15-19)13-27-12-16(2)3/h9-11,14-17,27-28H,4-8,12-13H2,1-3H3,(H2,26,30). The lowest BCUT2D eigenvalue weighted by molar-refractivity contribution is 0.100. The highest BCUT2D eigenvalue weighted by molar-refractivity contribution is 7.89. The first-order valence-electron chi connectivity index (χ1n) is 11.9. The fraction of sp³-hybridized carbons (Fsp3) is 0.480. The molecule has 1 aliphatic heterocycles. The van der Waals surface area contributed by atoms with E-state index in [0.717, 1.165) is 52.7 Å². The quantitative estimate of drug-likeness (QED) is 0.425. The zero-order valence-electron chi connectivity index (χ0n) is 20.1. The molecule has 4 rings (SSSR count). The number of primary amides is 1. The number of H-pyrrole nitrogens is 1. The van der Waals surface area contributed by atoms with Gasteiger partial charge in [0.05, 0.1) is 29.6 Å². The Kier molecular flexibility index (Phi) is 7.16. The third kappa shape index (κ3) is 5.06. The second-order valence-electron chi connectivity index (χ2n) is 9.45. The van der Waals surface area contributed by atoms with Crippen LogP contribution in [-0.2, 0) is 16.6 Å². The predicted molar refractivity (Wildman–Crippen MR) is 134 cm³/mol. The first-order valence-corrected chi connectivity index (χ1v) is 13.5. The van der Waals surface area contributed by atoms with Crippen LogP contribution in [0.1, 0.15) is 61.2 Å². The second kappa shape index (κ2) is 9.93. The highest BCUT2D eigenvalue weighted by atomic mass is 32.2. The van der Waals surface area contributed by atoms with Gasteiger partial charge in [0.1, 0.15) is 5.76 Å². The van der Waals surface area contributed by atoms with Gasteiger partial charge in [0.25, 0.3) is 5.91 Å². The summed E-state index contributed by atoms with van der Waals surface area (Å²) in [5.74, 6) is 1.21. The Morgan fingerprint density at radius 3 is 2.62 bits per heavy atom. The minimum absolute atomic E-state index is 0.121. The number of aromatic amines is 1. The van der Waals surface area contributed by atoms with Crippen LogP contribution in [0.25, 0.3) is 22.0 Å². The number of benzene rings is 1. The summed E-state index contributed by atoms with van der Waals surface area (Å²) < 4.78 is 31.8. The van der Waals surface area contributed by atoms with Crippen LogP contribution in [0.3, 0.4) is 0 Å². The summed E-state index contributed by atoms with van der Waals surface area (Å²) in [5.41, 5.74) is 9.74. The number of sulfonamides is 1. The minimum Gasteiger partial charge on any atom is -0.467 e. The number of carbonyl (C=O) groups excluding carboxylic acids is 1. The van der Waals surface area contributed by atoms with E-state index in [1.165, 1.54) is 0 Å². The Bertz CT molecular complexity index is 1270. The predicted octanol–water partition coefficient (Wildman–Crippen LogP) is 3.80. The normalized spacial score (nSPS) is 16.0. The Morgan fingerprint density at radius 1 is 1.24 bits per heavy atom. The van der Waals surface area contributed by atoms with Gasteiger partial charge in [-0.15, -0.1) is 0 Å². The fourth-order valence-electron chi connectivity index (χ4n) is 4.69. The number of aromatic nitrogens is 1. The van der Waals surface area contributed by atoms with Gasteiger partial charge in [-0.05, 0) is 67.5 Å². The summed E-state index contributed by atoms with van der Waals surface area (Å²) in [5, 5.41) is 4.32. The van der Waals surface area contributed by atoms with E-state index in [2.05, 4.69) is 30.2 Å². The molecule has 0 saturated carbocycles. The molecule has 0 atom stereocenters. The topological polar surface area (TPSA) is 121 Å². The van der Waals surface area contributed by atoms with Gasteiger partial charge in [-0.1, -0.05) is 13.8 Å². The molecule has 1 fully saturated rings. The van der Waals surface area contributed by atoms with Crippen LogP contribution < -0.4 is 11.1 Å². The van der Waals surface area contributed by atoms with Gasteiger partial charge in [-0.25, -0.2) is 12.7 Å². The lowest BCUT2D eigenvalue weighted by Crippen LogP contribution is -2.38. The van der Waals surface area contributed by atoms with Crippen LogP contribution >= 0.6 is 0 Å². The Balaban J connectivity index is 1.63. The molecular weight excluding hydrogens is 452 g/mol. The molecule has 9 heteroatoms. The van der Waals surface area contributed by atoms with Crippen molar-refractivity contribution in [3.63, 3.8) is 0 Å². The summed E-state index contributed by atoms with van der Waals surface area (Å²) in [6.07, 6.45) is 5.12. The van der Waals surface area contributed by atoms with E-state index in [-0.39, 0.29) is 11.7 Å². The number of carbonyl (C=O) groups is 1. The third-order valence-electron chi connectivity index (χ3n) is 6.58. The minimum atomic E-state index is -3.18. The van der Waals surface area contributed by atoms with E-state index < -0.39 is 15.9 Å². The number of piperidine rings is 1. The number of amides is 1. The van der Waals surface area contributed by atoms with Crippen molar-refractivity contribution in [2.24, 2.45) is 11.7 Å². The van der Waals surface area contributed by atoms with Gasteiger partial charge >= 0.3 is 0 Å². The molecule has 0 bridgehead atoms. The van der Waals surface area contributed by atoms with Crippen molar-refractivity contribution in [3.8, 4) is 11.1 Å². The van der Waals surface area contributed by atoms with Gasteiger partial charge in [0.2, 0.25) is 10.0 Å². The third-order valence-corrected chi connectivity index (χ3v) is 8.46. The van der Waals surface area contributed by atoms with E-state index in [1.807, 2.05) is 12.3 Å². The highest BCUT2D eigenvalue weighted by Gasteiger charge is 2.29. The van der Waals surface area contributed by atoms with E-state index in [0.29, 0.717) is 31.1 Å². The number of nitrogens with zero attached hydrogens (tertiary/aromatic N) is 1. The Labute approximate surface area is 200 Å². The average Bonchev–Trinajstić information content (AvgIpc) is 3.45. The van der Waals surface area contributed by atoms with E-state index >= 15 is 0 Å². The molecule has 0 unspecified atom stereocenters. The monoisotopic (exact) mass is 486 g/mol.